The van der Waals surface area contributed by atoms with Crippen LogP contribution in [0.25, 0.3) is 0 Å². The number of rotatable bonds is 6. The lowest BCUT2D eigenvalue weighted by molar-refractivity contribution is -0.0443. The summed E-state index contributed by atoms with van der Waals surface area (Å²) in [6.07, 6.45) is 0. The number of nitrogens with two attached hydrogens (primary N) is 1. The fourth-order valence-electron chi connectivity index (χ4n) is 2.06. The van der Waals surface area contributed by atoms with Gasteiger partial charge in [0, 0.05) is 6.54 Å². The van der Waals surface area contributed by atoms with E-state index < -0.39 is 31.5 Å². The molecular weight excluding hydrogens is 362 g/mol. The van der Waals surface area contributed by atoms with Gasteiger partial charge in [0.25, 0.3) is 20.9 Å². The number of phenolic OH excluding ortho intramolecular Hbond substituents is 1. The van der Waals surface area contributed by atoms with Gasteiger partial charge in [-0.2, -0.15) is 0 Å². The first-order valence-corrected chi connectivity index (χ1v) is 8.42. The zero-order valence-electron chi connectivity index (χ0n) is 12.7. The maximum absolute atomic E-state index is 12.5. The number of halogens is 1. The second kappa shape index (κ2) is 6.40. The fourth-order valence-corrected chi connectivity index (χ4v) is 3.91. The van der Waals surface area contributed by atoms with Gasteiger partial charge in [-0.1, -0.05) is 16.1 Å². The summed E-state index contributed by atoms with van der Waals surface area (Å²) in [5.74, 6) is -0.731. The highest BCUT2D eigenvalue weighted by atomic mass is 35.5. The minimum atomic E-state index is -4.26. The first-order chi connectivity index (χ1) is 11.2. The highest BCUT2D eigenvalue weighted by Crippen LogP contribution is 2.39. The predicted molar refractivity (Wildman–Crippen MR) is 88.7 cm³/mol. The summed E-state index contributed by atoms with van der Waals surface area (Å²) < 4.78 is 25.6. The Hall–Kier alpha value is -2.14. The third-order valence-electron chi connectivity index (χ3n) is 3.28. The molecule has 0 unspecified atom stereocenters. The van der Waals surface area contributed by atoms with Crippen LogP contribution in [0.4, 0.5) is 17.1 Å². The second-order valence-corrected chi connectivity index (χ2v) is 6.82. The number of hydroxylamine groups is 1. The lowest BCUT2D eigenvalue weighted by Gasteiger charge is -2.20. The van der Waals surface area contributed by atoms with Crippen molar-refractivity contribution >= 4 is 38.7 Å². The zero-order valence-corrected chi connectivity index (χ0v) is 14.2. The van der Waals surface area contributed by atoms with E-state index in [0.29, 0.717) is 4.47 Å². The fraction of sp³-hybridized carbons (Fsp3) is 0.231. The van der Waals surface area contributed by atoms with Crippen molar-refractivity contribution in [2.45, 2.75) is 11.8 Å². The summed E-state index contributed by atoms with van der Waals surface area (Å²) in [6.45, 7) is 1.50. The lowest BCUT2D eigenvalue weighted by Crippen LogP contribution is -2.36. The molecule has 11 heteroatoms. The number of hydrogen-bond acceptors (Lipinski definition) is 8. The van der Waals surface area contributed by atoms with Gasteiger partial charge < -0.3 is 16.2 Å². The number of benzene rings is 1. The van der Waals surface area contributed by atoms with Crippen molar-refractivity contribution in [1.82, 2.24) is 4.47 Å². The zero-order chi connectivity index (χ0) is 18.2. The van der Waals surface area contributed by atoms with E-state index in [1.54, 1.807) is 0 Å². The molecule has 130 valence electrons. The number of nitrogens with one attached hydrogen (secondary N) is 1. The summed E-state index contributed by atoms with van der Waals surface area (Å²) in [5, 5.41) is 12.5. The van der Waals surface area contributed by atoms with Crippen molar-refractivity contribution < 1.29 is 18.4 Å². The lowest BCUT2D eigenvalue weighted by atomic mass is 10.2. The predicted octanol–water partition coefficient (Wildman–Crippen LogP) is 0.539. The van der Waals surface area contributed by atoms with E-state index in [-0.39, 0.29) is 28.6 Å². The Labute approximate surface area is 141 Å². The average molecular weight is 376 g/mol. The Balaban J connectivity index is 2.57. The van der Waals surface area contributed by atoms with E-state index in [9.17, 15) is 23.1 Å². The van der Waals surface area contributed by atoms with E-state index in [1.165, 1.54) is 19.1 Å². The Morgan fingerprint density at radius 2 is 1.96 bits per heavy atom. The minimum Gasteiger partial charge on any atom is -0.504 e. The van der Waals surface area contributed by atoms with Gasteiger partial charge in [0.05, 0.1) is 17.8 Å². The van der Waals surface area contributed by atoms with Gasteiger partial charge in [0.2, 0.25) is 0 Å². The molecule has 4 N–H and O–H groups in total. The Kier molecular flexibility index (Phi) is 4.85. The molecule has 2 aromatic rings. The Bertz CT molecular complexity index is 961. The van der Waals surface area contributed by atoms with Gasteiger partial charge in [0.15, 0.2) is 5.75 Å². The normalized spacial score (nSPS) is 12.0. The molecule has 2 rings (SSSR count). The molecule has 9 nitrogen and oxygen atoms in total. The van der Waals surface area contributed by atoms with Crippen LogP contribution in [-0.4, -0.2) is 31.6 Å². The highest BCUT2D eigenvalue weighted by molar-refractivity contribution is 7.89. The number of aromatic hydroxyl groups is 1. The molecule has 0 heterocycles. The molecule has 24 heavy (non-hydrogen) atoms. The Morgan fingerprint density at radius 1 is 1.33 bits per heavy atom. The van der Waals surface area contributed by atoms with Crippen molar-refractivity contribution in [3.05, 3.63) is 37.6 Å². The standard InChI is InChI=1S/C13H14ClN3O6S/c1-3-17(23-2)24(21,22)13-6(14)4-5-7(10(13)18)16-9-8(15)11(19)12(9)20/h4-5,16,18H,3,15H2,1-2H3. The molecule has 0 aromatic heterocycles. The van der Waals surface area contributed by atoms with Crippen LogP contribution in [0.15, 0.2) is 26.6 Å². The van der Waals surface area contributed by atoms with Crippen molar-refractivity contribution in [2.75, 3.05) is 24.7 Å². The van der Waals surface area contributed by atoms with Crippen LogP contribution in [0.2, 0.25) is 5.02 Å². The second-order valence-electron chi connectivity index (χ2n) is 4.65. The topological polar surface area (TPSA) is 139 Å². The number of hydrogen-bond donors (Lipinski definition) is 3. The number of sulfonamides is 1. The molecule has 0 saturated carbocycles. The summed E-state index contributed by atoms with van der Waals surface area (Å²) in [5.41, 5.74) is 3.01. The maximum atomic E-state index is 12.5. The van der Waals surface area contributed by atoms with Crippen molar-refractivity contribution in [2.24, 2.45) is 0 Å². The van der Waals surface area contributed by atoms with E-state index in [1.807, 2.05) is 0 Å². The van der Waals surface area contributed by atoms with Gasteiger partial charge in [-0.15, -0.1) is 0 Å². The van der Waals surface area contributed by atoms with Gasteiger partial charge in [0.1, 0.15) is 16.3 Å². The quantitative estimate of drug-likeness (QED) is 0.377. The first kappa shape index (κ1) is 18.2. The first-order valence-electron chi connectivity index (χ1n) is 6.60. The van der Waals surface area contributed by atoms with Crippen LogP contribution in [-0.2, 0) is 14.9 Å². The molecule has 0 amide bonds. The van der Waals surface area contributed by atoms with Crippen LogP contribution in [0, 0.1) is 0 Å². The highest BCUT2D eigenvalue weighted by Gasteiger charge is 2.31. The molecule has 0 fully saturated rings. The third-order valence-corrected chi connectivity index (χ3v) is 5.58. The number of anilines is 3. The largest absolute Gasteiger partial charge is 0.504 e. The maximum Gasteiger partial charge on any atom is 0.270 e. The molecule has 0 atom stereocenters. The van der Waals surface area contributed by atoms with Crippen LogP contribution in [0.1, 0.15) is 6.92 Å². The van der Waals surface area contributed by atoms with Crippen molar-refractivity contribution in [1.29, 1.82) is 0 Å². The molecule has 0 saturated heterocycles. The third kappa shape index (κ3) is 2.73. The average Bonchev–Trinajstić information content (AvgIpc) is 2.53. The van der Waals surface area contributed by atoms with Crippen molar-refractivity contribution in [3.63, 3.8) is 0 Å². The summed E-state index contributed by atoms with van der Waals surface area (Å²) >= 11 is 5.90. The number of nitrogens with zero attached hydrogens (tertiary/aromatic N) is 1. The number of phenols is 1. The molecule has 0 aliphatic rings. The van der Waals surface area contributed by atoms with E-state index in [0.717, 1.165) is 7.11 Å². The van der Waals surface area contributed by atoms with E-state index >= 15 is 0 Å². The molecule has 0 aliphatic carbocycles. The summed E-state index contributed by atoms with van der Waals surface area (Å²) in [7, 11) is -3.11. The number of nitrogen functional groups attached to an aromatic ring is 1. The van der Waals surface area contributed by atoms with Crippen molar-refractivity contribution in [3.8, 4) is 5.75 Å². The van der Waals surface area contributed by atoms with E-state index in [4.69, 9.17) is 22.2 Å². The monoisotopic (exact) mass is 375 g/mol. The van der Waals surface area contributed by atoms with Crippen LogP contribution >= 0.6 is 11.6 Å². The Morgan fingerprint density at radius 3 is 2.46 bits per heavy atom. The minimum absolute atomic E-state index is 0.0304. The van der Waals surface area contributed by atoms with Gasteiger partial charge in [-0.25, -0.2) is 8.42 Å². The molecular formula is C13H14ClN3O6S. The smallest absolute Gasteiger partial charge is 0.270 e. The van der Waals surface area contributed by atoms with E-state index in [2.05, 4.69) is 5.32 Å². The van der Waals surface area contributed by atoms with Crippen LogP contribution < -0.4 is 21.9 Å². The van der Waals surface area contributed by atoms with Gasteiger partial charge >= 0.3 is 0 Å². The molecule has 0 radical (unpaired) electrons. The van der Waals surface area contributed by atoms with Crippen LogP contribution in [0.3, 0.4) is 0 Å². The molecule has 0 spiro atoms. The molecule has 0 aliphatic heterocycles. The summed E-state index contributed by atoms with van der Waals surface area (Å²) in [6, 6.07) is 2.46. The van der Waals surface area contributed by atoms with Crippen LogP contribution in [0.5, 0.6) is 5.75 Å². The van der Waals surface area contributed by atoms with Gasteiger partial charge in [-0.05, 0) is 19.1 Å². The summed E-state index contributed by atoms with van der Waals surface area (Å²) in [4.78, 5) is 26.7. The SMILES string of the molecule is CCN(OC)S(=O)(=O)c1c(Cl)ccc(Nc2c(N)c(=O)c2=O)c1O. The molecule has 2 aromatic carbocycles. The molecule has 0 bridgehead atoms. The van der Waals surface area contributed by atoms with Gasteiger partial charge in [-0.3, -0.25) is 14.4 Å².